The lowest BCUT2D eigenvalue weighted by atomic mass is 10.3. The van der Waals surface area contributed by atoms with Crippen LogP contribution in [-0.2, 0) is 0 Å². The van der Waals surface area contributed by atoms with Crippen LogP contribution in [0.4, 0.5) is 5.82 Å². The van der Waals surface area contributed by atoms with Crippen molar-refractivity contribution in [1.82, 2.24) is 4.98 Å². The molecule has 0 aliphatic heterocycles. The number of pyridine rings is 1. The van der Waals surface area contributed by atoms with Crippen LogP contribution in [0.15, 0.2) is 12.3 Å². The highest BCUT2D eigenvalue weighted by molar-refractivity contribution is 6.34. The molecule has 0 saturated heterocycles. The fourth-order valence-electron chi connectivity index (χ4n) is 1.05. The summed E-state index contributed by atoms with van der Waals surface area (Å²) in [5.41, 5.74) is 0.472. The van der Waals surface area contributed by atoms with Crippen molar-refractivity contribution in [1.29, 1.82) is 5.26 Å². The van der Waals surface area contributed by atoms with Crippen LogP contribution in [0.3, 0.4) is 0 Å². The zero-order valence-electron chi connectivity index (χ0n) is 6.92. The minimum Gasteiger partial charge on any atom is -0.366 e. The highest BCUT2D eigenvalue weighted by Crippen LogP contribution is 2.29. The fourth-order valence-corrected chi connectivity index (χ4v) is 1.26. The Labute approximate surface area is 81.4 Å². The maximum atomic E-state index is 8.70. The number of hydrogen-bond acceptors (Lipinski definition) is 3. The summed E-state index contributed by atoms with van der Waals surface area (Å²) in [6, 6.07) is 4.13. The molecule has 2 rings (SSSR count). The van der Waals surface area contributed by atoms with Crippen molar-refractivity contribution in [3.05, 3.63) is 22.8 Å². The summed E-state index contributed by atoms with van der Waals surface area (Å²) in [6.45, 7) is 0. The van der Waals surface area contributed by atoms with Gasteiger partial charge in [-0.15, -0.1) is 0 Å². The van der Waals surface area contributed by atoms with Gasteiger partial charge in [0.25, 0.3) is 0 Å². The normalized spacial score (nSPS) is 15.1. The highest BCUT2D eigenvalue weighted by Gasteiger charge is 2.22. The van der Waals surface area contributed by atoms with Crippen LogP contribution in [0.1, 0.15) is 18.4 Å². The molecule has 1 aromatic rings. The lowest BCUT2D eigenvalue weighted by molar-refractivity contribution is 1.11. The Morgan fingerprint density at radius 2 is 2.38 bits per heavy atom. The Kier molecular flexibility index (Phi) is 2.07. The molecule has 1 aromatic heterocycles. The Hall–Kier alpha value is -1.27. The van der Waals surface area contributed by atoms with Gasteiger partial charge in [-0.1, -0.05) is 11.6 Å². The van der Waals surface area contributed by atoms with Crippen LogP contribution < -0.4 is 5.32 Å². The van der Waals surface area contributed by atoms with Gasteiger partial charge in [0.15, 0.2) is 0 Å². The van der Waals surface area contributed by atoms with E-state index < -0.39 is 0 Å². The van der Waals surface area contributed by atoms with Gasteiger partial charge < -0.3 is 5.32 Å². The topological polar surface area (TPSA) is 48.7 Å². The van der Waals surface area contributed by atoms with Crippen molar-refractivity contribution in [2.75, 3.05) is 5.32 Å². The van der Waals surface area contributed by atoms with E-state index in [4.69, 9.17) is 16.9 Å². The summed E-state index contributed by atoms with van der Waals surface area (Å²) >= 11 is 5.93. The summed E-state index contributed by atoms with van der Waals surface area (Å²) < 4.78 is 0. The number of rotatable bonds is 2. The van der Waals surface area contributed by atoms with Crippen molar-refractivity contribution in [3.63, 3.8) is 0 Å². The van der Waals surface area contributed by atoms with Crippen molar-refractivity contribution in [2.45, 2.75) is 18.9 Å². The van der Waals surface area contributed by atoms with Gasteiger partial charge in [-0.2, -0.15) is 5.26 Å². The predicted octanol–water partition coefficient (Wildman–Crippen LogP) is 2.18. The van der Waals surface area contributed by atoms with Gasteiger partial charge in [-0.3, -0.25) is 0 Å². The van der Waals surface area contributed by atoms with E-state index in [0.717, 1.165) is 12.8 Å². The van der Waals surface area contributed by atoms with E-state index in [-0.39, 0.29) is 0 Å². The zero-order chi connectivity index (χ0) is 9.26. The van der Waals surface area contributed by atoms with Crippen molar-refractivity contribution in [2.24, 2.45) is 0 Å². The third-order valence-corrected chi connectivity index (χ3v) is 2.31. The third-order valence-electron chi connectivity index (χ3n) is 1.93. The number of nitrogens with one attached hydrogen (secondary N) is 1. The molecule has 1 aliphatic rings. The molecule has 0 amide bonds. The van der Waals surface area contributed by atoms with Gasteiger partial charge in [0, 0.05) is 12.2 Å². The number of nitrogens with zero attached hydrogens (tertiary/aromatic N) is 2. The molecule has 0 radical (unpaired) electrons. The molecule has 1 heterocycles. The van der Waals surface area contributed by atoms with E-state index in [1.165, 1.54) is 0 Å². The third kappa shape index (κ3) is 1.73. The number of anilines is 1. The van der Waals surface area contributed by atoms with E-state index in [2.05, 4.69) is 10.3 Å². The van der Waals surface area contributed by atoms with Gasteiger partial charge in [0.05, 0.1) is 5.56 Å². The monoisotopic (exact) mass is 193 g/mol. The van der Waals surface area contributed by atoms with Gasteiger partial charge in [-0.05, 0) is 18.9 Å². The van der Waals surface area contributed by atoms with E-state index in [1.807, 2.05) is 6.07 Å². The largest absolute Gasteiger partial charge is 0.366 e. The molecule has 3 nitrogen and oxygen atoms in total. The van der Waals surface area contributed by atoms with Crippen LogP contribution in [0.2, 0.25) is 5.02 Å². The second-order valence-electron chi connectivity index (χ2n) is 3.05. The van der Waals surface area contributed by atoms with Gasteiger partial charge in [-0.25, -0.2) is 4.98 Å². The fraction of sp³-hybridized carbons (Fsp3) is 0.333. The van der Waals surface area contributed by atoms with Gasteiger partial charge in [0.1, 0.15) is 16.9 Å². The number of halogens is 1. The second kappa shape index (κ2) is 3.23. The van der Waals surface area contributed by atoms with Crippen molar-refractivity contribution >= 4 is 17.4 Å². The molecule has 1 N–H and O–H groups in total. The summed E-state index contributed by atoms with van der Waals surface area (Å²) in [6.07, 6.45) is 3.92. The molecule has 0 aromatic carbocycles. The lowest BCUT2D eigenvalue weighted by Gasteiger charge is -2.05. The first kappa shape index (κ1) is 8.33. The molecular formula is C9H8ClN3. The molecule has 66 valence electrons. The maximum absolute atomic E-state index is 8.70. The SMILES string of the molecule is N#Cc1ccnc(NC2CC2)c1Cl. The van der Waals surface area contributed by atoms with Crippen molar-refractivity contribution in [3.8, 4) is 6.07 Å². The van der Waals surface area contributed by atoms with Crippen LogP contribution in [0.25, 0.3) is 0 Å². The minimum absolute atomic E-state index is 0.428. The quantitative estimate of drug-likeness (QED) is 0.783. The van der Waals surface area contributed by atoms with Crippen LogP contribution in [0.5, 0.6) is 0 Å². The molecule has 1 saturated carbocycles. The van der Waals surface area contributed by atoms with Crippen LogP contribution in [0, 0.1) is 11.3 Å². The molecule has 1 fully saturated rings. The number of nitriles is 1. The Morgan fingerprint density at radius 3 is 3.00 bits per heavy atom. The Bertz CT molecular complexity index is 366. The van der Waals surface area contributed by atoms with E-state index >= 15 is 0 Å². The summed E-state index contributed by atoms with van der Waals surface area (Å²) in [5.74, 6) is 0.628. The molecule has 0 unspecified atom stereocenters. The molecular weight excluding hydrogens is 186 g/mol. The Morgan fingerprint density at radius 1 is 1.62 bits per heavy atom. The van der Waals surface area contributed by atoms with Crippen LogP contribution >= 0.6 is 11.6 Å². The molecule has 0 spiro atoms. The highest BCUT2D eigenvalue weighted by atomic mass is 35.5. The van der Waals surface area contributed by atoms with E-state index in [1.54, 1.807) is 12.3 Å². The lowest BCUT2D eigenvalue weighted by Crippen LogP contribution is -2.03. The first-order chi connectivity index (χ1) is 6.31. The molecule has 0 bridgehead atoms. The molecule has 4 heteroatoms. The molecule has 0 atom stereocenters. The summed E-state index contributed by atoms with van der Waals surface area (Å²) in [4.78, 5) is 4.07. The molecule has 13 heavy (non-hydrogen) atoms. The average Bonchev–Trinajstić information content (AvgIpc) is 2.92. The standard InChI is InChI=1S/C9H8ClN3/c10-8-6(5-11)3-4-12-9(8)13-7-1-2-7/h3-4,7H,1-2H2,(H,12,13). The van der Waals surface area contributed by atoms with Crippen molar-refractivity contribution < 1.29 is 0 Å². The second-order valence-corrected chi connectivity index (χ2v) is 3.43. The minimum atomic E-state index is 0.428. The zero-order valence-corrected chi connectivity index (χ0v) is 7.67. The first-order valence-corrected chi connectivity index (χ1v) is 4.50. The van der Waals surface area contributed by atoms with Crippen LogP contribution in [-0.4, -0.2) is 11.0 Å². The van der Waals surface area contributed by atoms with Gasteiger partial charge >= 0.3 is 0 Å². The van der Waals surface area contributed by atoms with E-state index in [0.29, 0.717) is 22.4 Å². The molecule has 1 aliphatic carbocycles. The summed E-state index contributed by atoms with van der Waals surface area (Å²) in [7, 11) is 0. The maximum Gasteiger partial charge on any atom is 0.146 e. The smallest absolute Gasteiger partial charge is 0.146 e. The predicted molar refractivity (Wildman–Crippen MR) is 50.6 cm³/mol. The number of hydrogen-bond donors (Lipinski definition) is 1. The van der Waals surface area contributed by atoms with E-state index in [9.17, 15) is 0 Å². The first-order valence-electron chi connectivity index (χ1n) is 4.12. The summed E-state index contributed by atoms with van der Waals surface area (Å²) in [5, 5.41) is 12.3. The van der Waals surface area contributed by atoms with Gasteiger partial charge in [0.2, 0.25) is 0 Å². The average molecular weight is 194 g/mol. The Balaban J connectivity index is 2.28. The number of aromatic nitrogens is 1.